The van der Waals surface area contributed by atoms with Crippen LogP contribution < -0.4 is 10.6 Å². The third kappa shape index (κ3) is 3.35. The Morgan fingerprint density at radius 2 is 1.75 bits per heavy atom. The molecular formula is C13H20N2O. The Bertz CT molecular complexity index is 345. The van der Waals surface area contributed by atoms with Gasteiger partial charge in [-0.3, -0.25) is 10.1 Å². The molecule has 2 atom stereocenters. The molecule has 0 aromatic heterocycles. The van der Waals surface area contributed by atoms with Crippen LogP contribution in [0.15, 0.2) is 24.3 Å². The number of hydrogen-bond acceptors (Lipinski definition) is 2. The number of carbonyl (C=O) groups excluding carboxylic acids is 1. The average Bonchev–Trinajstić information content (AvgIpc) is 2.28. The number of carbonyl (C=O) groups is 1. The third-order valence-corrected chi connectivity index (χ3v) is 2.72. The minimum Gasteiger partial charge on any atom is -0.358 e. The van der Waals surface area contributed by atoms with Gasteiger partial charge in [0.25, 0.3) is 0 Å². The monoisotopic (exact) mass is 220 g/mol. The molecule has 0 saturated heterocycles. The fraction of sp³-hybridized carbons (Fsp3) is 0.462. The molecule has 0 heterocycles. The van der Waals surface area contributed by atoms with E-state index >= 15 is 0 Å². The van der Waals surface area contributed by atoms with Gasteiger partial charge in [-0.1, -0.05) is 29.8 Å². The first-order valence-corrected chi connectivity index (χ1v) is 5.58. The maximum absolute atomic E-state index is 11.4. The summed E-state index contributed by atoms with van der Waals surface area (Å²) in [5.74, 6) is 0.0129. The highest BCUT2D eigenvalue weighted by molar-refractivity contribution is 5.80. The lowest BCUT2D eigenvalue weighted by atomic mass is 10.1. The van der Waals surface area contributed by atoms with Gasteiger partial charge in [-0.15, -0.1) is 0 Å². The highest BCUT2D eigenvalue weighted by Crippen LogP contribution is 2.13. The fourth-order valence-corrected chi connectivity index (χ4v) is 1.62. The maximum Gasteiger partial charge on any atom is 0.236 e. The zero-order valence-corrected chi connectivity index (χ0v) is 10.4. The average molecular weight is 220 g/mol. The molecule has 0 aliphatic rings. The molecular weight excluding hydrogens is 200 g/mol. The van der Waals surface area contributed by atoms with E-state index in [1.165, 1.54) is 11.1 Å². The first-order valence-electron chi connectivity index (χ1n) is 5.58. The van der Waals surface area contributed by atoms with Crippen LogP contribution in [-0.2, 0) is 4.79 Å². The van der Waals surface area contributed by atoms with Gasteiger partial charge in [-0.05, 0) is 26.3 Å². The molecule has 16 heavy (non-hydrogen) atoms. The van der Waals surface area contributed by atoms with Gasteiger partial charge < -0.3 is 5.32 Å². The second-order valence-electron chi connectivity index (χ2n) is 4.13. The number of hydrogen-bond donors (Lipinski definition) is 2. The van der Waals surface area contributed by atoms with Crippen molar-refractivity contribution in [1.29, 1.82) is 0 Å². The predicted octanol–water partition coefficient (Wildman–Crippen LogP) is 1.78. The molecule has 1 rings (SSSR count). The van der Waals surface area contributed by atoms with Crippen molar-refractivity contribution in [3.8, 4) is 0 Å². The molecule has 3 heteroatoms. The standard InChI is InChI=1S/C13H20N2O/c1-9-5-7-12(8-6-9)10(2)15-11(3)13(16)14-4/h5-8,10-11,15H,1-4H3,(H,14,16)/t10-,11?/m0/s1. The van der Waals surface area contributed by atoms with Crippen molar-refractivity contribution in [3.05, 3.63) is 35.4 Å². The SMILES string of the molecule is CNC(=O)C(C)N[C@@H](C)c1ccc(C)cc1. The van der Waals surface area contributed by atoms with Crippen molar-refractivity contribution < 1.29 is 4.79 Å². The van der Waals surface area contributed by atoms with Crippen LogP contribution in [0.2, 0.25) is 0 Å². The second-order valence-corrected chi connectivity index (χ2v) is 4.13. The second kappa shape index (κ2) is 5.66. The maximum atomic E-state index is 11.4. The van der Waals surface area contributed by atoms with Gasteiger partial charge in [0.15, 0.2) is 0 Å². The quantitative estimate of drug-likeness (QED) is 0.812. The van der Waals surface area contributed by atoms with E-state index in [2.05, 4.69) is 48.7 Å². The first kappa shape index (κ1) is 12.7. The van der Waals surface area contributed by atoms with Gasteiger partial charge in [0, 0.05) is 13.1 Å². The van der Waals surface area contributed by atoms with Crippen molar-refractivity contribution in [2.24, 2.45) is 0 Å². The van der Waals surface area contributed by atoms with Crippen LogP contribution in [0.5, 0.6) is 0 Å². The molecule has 1 aromatic carbocycles. The molecule has 0 spiro atoms. The highest BCUT2D eigenvalue weighted by atomic mass is 16.2. The molecule has 0 bridgehead atoms. The van der Waals surface area contributed by atoms with Gasteiger partial charge in [-0.2, -0.15) is 0 Å². The Kier molecular flexibility index (Phi) is 4.50. The summed E-state index contributed by atoms with van der Waals surface area (Å²) in [4.78, 5) is 11.4. The van der Waals surface area contributed by atoms with E-state index in [4.69, 9.17) is 0 Å². The molecule has 0 radical (unpaired) electrons. The smallest absolute Gasteiger partial charge is 0.236 e. The summed E-state index contributed by atoms with van der Waals surface area (Å²) in [5, 5.41) is 5.88. The van der Waals surface area contributed by atoms with E-state index < -0.39 is 0 Å². The Balaban J connectivity index is 2.61. The molecule has 0 aliphatic heterocycles. The fourth-order valence-electron chi connectivity index (χ4n) is 1.62. The van der Waals surface area contributed by atoms with Crippen LogP contribution in [0, 0.1) is 6.92 Å². The zero-order valence-electron chi connectivity index (χ0n) is 10.4. The van der Waals surface area contributed by atoms with Gasteiger partial charge >= 0.3 is 0 Å². The lowest BCUT2D eigenvalue weighted by molar-refractivity contribution is -0.122. The van der Waals surface area contributed by atoms with Crippen molar-refractivity contribution in [3.63, 3.8) is 0 Å². The first-order chi connectivity index (χ1) is 7.54. The molecule has 1 aromatic rings. The summed E-state index contributed by atoms with van der Waals surface area (Å²) in [6, 6.07) is 8.33. The zero-order chi connectivity index (χ0) is 12.1. The van der Waals surface area contributed by atoms with Crippen LogP contribution in [0.4, 0.5) is 0 Å². The molecule has 0 aliphatic carbocycles. The van der Waals surface area contributed by atoms with Crippen LogP contribution in [-0.4, -0.2) is 19.0 Å². The Morgan fingerprint density at radius 3 is 2.25 bits per heavy atom. The number of likely N-dealkylation sites (N-methyl/N-ethyl adjacent to an activating group) is 1. The Labute approximate surface area is 97.2 Å². The van der Waals surface area contributed by atoms with Gasteiger partial charge in [0.05, 0.1) is 6.04 Å². The van der Waals surface area contributed by atoms with Crippen molar-refractivity contribution in [2.75, 3.05) is 7.05 Å². The lowest BCUT2D eigenvalue weighted by Crippen LogP contribution is -2.41. The van der Waals surface area contributed by atoms with E-state index in [0.717, 1.165) is 0 Å². The van der Waals surface area contributed by atoms with Crippen LogP contribution >= 0.6 is 0 Å². The molecule has 0 saturated carbocycles. The molecule has 88 valence electrons. The molecule has 1 amide bonds. The van der Waals surface area contributed by atoms with Crippen molar-refractivity contribution >= 4 is 5.91 Å². The minimum atomic E-state index is -0.179. The van der Waals surface area contributed by atoms with Crippen LogP contribution in [0.1, 0.15) is 31.0 Å². The number of amides is 1. The summed E-state index contributed by atoms with van der Waals surface area (Å²) in [6.07, 6.45) is 0. The minimum absolute atomic E-state index is 0.0129. The van der Waals surface area contributed by atoms with E-state index in [1.807, 2.05) is 6.92 Å². The number of benzene rings is 1. The third-order valence-electron chi connectivity index (χ3n) is 2.72. The molecule has 2 N–H and O–H groups in total. The highest BCUT2D eigenvalue weighted by Gasteiger charge is 2.14. The summed E-state index contributed by atoms with van der Waals surface area (Å²) in [5.41, 5.74) is 2.44. The van der Waals surface area contributed by atoms with Gasteiger partial charge in [0.1, 0.15) is 0 Å². The van der Waals surface area contributed by atoms with Crippen molar-refractivity contribution in [1.82, 2.24) is 10.6 Å². The molecule has 0 fully saturated rings. The van der Waals surface area contributed by atoms with Crippen LogP contribution in [0.3, 0.4) is 0 Å². The predicted molar refractivity (Wildman–Crippen MR) is 66.3 cm³/mol. The van der Waals surface area contributed by atoms with Crippen LogP contribution in [0.25, 0.3) is 0 Å². The Morgan fingerprint density at radius 1 is 1.19 bits per heavy atom. The van der Waals surface area contributed by atoms with Gasteiger partial charge in [0.2, 0.25) is 5.91 Å². The van der Waals surface area contributed by atoms with E-state index in [1.54, 1.807) is 7.05 Å². The van der Waals surface area contributed by atoms with Gasteiger partial charge in [-0.25, -0.2) is 0 Å². The lowest BCUT2D eigenvalue weighted by Gasteiger charge is -2.19. The summed E-state index contributed by atoms with van der Waals surface area (Å²) < 4.78 is 0. The summed E-state index contributed by atoms with van der Waals surface area (Å²) in [6.45, 7) is 5.99. The number of rotatable bonds is 4. The van der Waals surface area contributed by atoms with Crippen molar-refractivity contribution in [2.45, 2.75) is 32.9 Å². The summed E-state index contributed by atoms with van der Waals surface area (Å²) in [7, 11) is 1.65. The molecule has 1 unspecified atom stereocenters. The number of nitrogens with one attached hydrogen (secondary N) is 2. The largest absolute Gasteiger partial charge is 0.358 e. The van der Waals surface area contributed by atoms with E-state index in [-0.39, 0.29) is 18.0 Å². The van der Waals surface area contributed by atoms with E-state index in [9.17, 15) is 4.79 Å². The normalized spacial score (nSPS) is 14.2. The summed E-state index contributed by atoms with van der Waals surface area (Å²) >= 11 is 0. The van der Waals surface area contributed by atoms with E-state index in [0.29, 0.717) is 0 Å². The number of aryl methyl sites for hydroxylation is 1. The Hall–Kier alpha value is -1.35. The molecule has 3 nitrogen and oxygen atoms in total. The topological polar surface area (TPSA) is 41.1 Å².